The van der Waals surface area contributed by atoms with Crippen LogP contribution in [0.5, 0.6) is 0 Å². The van der Waals surface area contributed by atoms with Gasteiger partial charge in [-0.1, -0.05) is 72.8 Å². The molecule has 0 aliphatic carbocycles. The number of quaternary nitrogens is 1. The monoisotopic (exact) mass is 520 g/mol. The summed E-state index contributed by atoms with van der Waals surface area (Å²) < 4.78 is 0.906. The van der Waals surface area contributed by atoms with Gasteiger partial charge in [-0.25, -0.2) is 0 Å². The van der Waals surface area contributed by atoms with E-state index in [0.717, 1.165) is 47.0 Å². The third-order valence-electron chi connectivity index (χ3n) is 9.40. The van der Waals surface area contributed by atoms with Crippen molar-refractivity contribution < 1.29 is 22.0 Å². The Morgan fingerprint density at radius 3 is 2.29 bits per heavy atom. The van der Waals surface area contributed by atoms with Crippen molar-refractivity contribution in [3.8, 4) is 0 Å². The van der Waals surface area contributed by atoms with Crippen LogP contribution in [0, 0.1) is 11.8 Å². The minimum absolute atomic E-state index is 0. The van der Waals surface area contributed by atoms with Crippen molar-refractivity contribution in [3.63, 3.8) is 0 Å². The molecular weight excluding hydrogens is 488 g/mol. The maximum Gasteiger partial charge on any atom is 0.131 e. The fourth-order valence-electron chi connectivity index (χ4n) is 7.56. The Morgan fingerprint density at radius 1 is 0.921 bits per heavy atom. The lowest BCUT2D eigenvalue weighted by Crippen LogP contribution is -3.00. The van der Waals surface area contributed by atoms with Gasteiger partial charge in [0.05, 0.1) is 18.6 Å². The molecule has 4 heteroatoms. The molecule has 3 fully saturated rings. The van der Waals surface area contributed by atoms with Gasteiger partial charge < -0.3 is 22.0 Å². The number of aliphatic hydroxyl groups excluding tert-OH is 1. The number of hydrogen-bond donors (Lipinski definition) is 1. The molecule has 0 spiro atoms. The Hall–Kier alpha value is -3.24. The van der Waals surface area contributed by atoms with Gasteiger partial charge in [0.2, 0.25) is 0 Å². The second-order valence-corrected chi connectivity index (χ2v) is 11.2. The molecule has 0 saturated carbocycles. The summed E-state index contributed by atoms with van der Waals surface area (Å²) in [6.07, 6.45) is 5.72. The molecule has 0 radical (unpaired) electrons. The maximum absolute atomic E-state index is 12.1. The lowest BCUT2D eigenvalue weighted by molar-refractivity contribution is -0.984. The van der Waals surface area contributed by atoms with Crippen LogP contribution < -0.4 is 12.4 Å². The molecule has 5 unspecified atom stereocenters. The number of para-hydroxylation sites is 1. The lowest BCUT2D eigenvalue weighted by atomic mass is 9.71. The van der Waals surface area contributed by atoms with Crippen LogP contribution in [0.25, 0.3) is 32.4 Å². The quantitative estimate of drug-likeness (QED) is 0.214. The lowest BCUT2D eigenvalue weighted by Gasteiger charge is -2.58. The van der Waals surface area contributed by atoms with Gasteiger partial charge in [-0.2, -0.15) is 0 Å². The van der Waals surface area contributed by atoms with Gasteiger partial charge in [0.1, 0.15) is 18.7 Å². The zero-order chi connectivity index (χ0) is 25.0. The summed E-state index contributed by atoms with van der Waals surface area (Å²) in [6.45, 7) is 7.28. The zero-order valence-corrected chi connectivity index (χ0v) is 22.3. The first kappa shape index (κ1) is 25.1. The van der Waals surface area contributed by atoms with Gasteiger partial charge in [0, 0.05) is 35.9 Å². The van der Waals surface area contributed by atoms with E-state index >= 15 is 0 Å². The molecule has 0 amide bonds. The highest BCUT2D eigenvalue weighted by Gasteiger charge is 2.54. The van der Waals surface area contributed by atoms with Crippen LogP contribution in [-0.2, 0) is 6.54 Å². The minimum atomic E-state index is -0.539. The smallest absolute Gasteiger partial charge is 0.131 e. The van der Waals surface area contributed by atoms with Gasteiger partial charge in [-0.3, -0.25) is 4.98 Å². The largest absolute Gasteiger partial charge is 1.00 e. The first-order valence-corrected chi connectivity index (χ1v) is 13.6. The van der Waals surface area contributed by atoms with Crippen molar-refractivity contribution in [2.45, 2.75) is 31.5 Å². The highest BCUT2D eigenvalue weighted by Crippen LogP contribution is 2.49. The van der Waals surface area contributed by atoms with Crippen molar-refractivity contribution in [2.24, 2.45) is 11.8 Å². The maximum atomic E-state index is 12.1. The Labute approximate surface area is 230 Å². The van der Waals surface area contributed by atoms with Crippen molar-refractivity contribution in [1.82, 2.24) is 4.98 Å². The van der Waals surface area contributed by atoms with E-state index in [9.17, 15) is 5.11 Å². The van der Waals surface area contributed by atoms with Crippen molar-refractivity contribution >= 4 is 32.4 Å². The molecule has 1 aromatic heterocycles. The summed E-state index contributed by atoms with van der Waals surface area (Å²) in [5, 5.41) is 18.4. The van der Waals surface area contributed by atoms with Crippen LogP contribution >= 0.6 is 0 Å². The Balaban J connectivity index is 0.00000264. The zero-order valence-electron chi connectivity index (χ0n) is 21.5. The summed E-state index contributed by atoms with van der Waals surface area (Å²) >= 11 is 0. The molecule has 3 saturated heterocycles. The van der Waals surface area contributed by atoms with E-state index in [4.69, 9.17) is 0 Å². The van der Waals surface area contributed by atoms with Crippen LogP contribution in [0.2, 0.25) is 0 Å². The molecule has 8 rings (SSSR count). The summed E-state index contributed by atoms with van der Waals surface area (Å²) in [7, 11) is 0. The third kappa shape index (κ3) is 3.92. The Morgan fingerprint density at radius 2 is 1.58 bits per heavy atom. The van der Waals surface area contributed by atoms with Crippen molar-refractivity contribution in [1.29, 1.82) is 0 Å². The number of rotatable bonds is 5. The van der Waals surface area contributed by atoms with E-state index < -0.39 is 6.10 Å². The van der Waals surface area contributed by atoms with Crippen molar-refractivity contribution in [3.05, 3.63) is 115 Å². The first-order valence-electron chi connectivity index (χ1n) is 13.6. The van der Waals surface area contributed by atoms with E-state index in [1.54, 1.807) is 0 Å². The van der Waals surface area contributed by atoms with Gasteiger partial charge >= 0.3 is 0 Å². The van der Waals surface area contributed by atoms with Crippen LogP contribution in [0.4, 0.5) is 0 Å². The van der Waals surface area contributed by atoms with E-state index in [-0.39, 0.29) is 18.4 Å². The second kappa shape index (κ2) is 9.81. The Bertz CT molecular complexity index is 1590. The van der Waals surface area contributed by atoms with E-state index in [0.29, 0.717) is 11.8 Å². The Kier molecular flexibility index (Phi) is 6.47. The van der Waals surface area contributed by atoms with Gasteiger partial charge in [-0.05, 0) is 51.2 Å². The number of hydrogen-bond acceptors (Lipinski definition) is 2. The number of fused-ring (bicyclic) bond motifs is 6. The molecule has 38 heavy (non-hydrogen) atoms. The number of halogens is 1. The van der Waals surface area contributed by atoms with Gasteiger partial charge in [0.15, 0.2) is 0 Å². The van der Waals surface area contributed by atoms with E-state index in [2.05, 4.69) is 78.3 Å². The van der Waals surface area contributed by atoms with Crippen LogP contribution in [0.15, 0.2) is 104 Å². The van der Waals surface area contributed by atoms with Crippen molar-refractivity contribution in [2.75, 3.05) is 13.1 Å². The molecule has 5 atom stereocenters. The predicted molar refractivity (Wildman–Crippen MR) is 152 cm³/mol. The van der Waals surface area contributed by atoms with E-state index in [1.807, 2.05) is 30.5 Å². The number of aromatic nitrogens is 1. The molecule has 4 heterocycles. The molecule has 192 valence electrons. The highest BCUT2D eigenvalue weighted by molar-refractivity contribution is 6.02. The fraction of sp³-hybridized carbons (Fsp3) is 0.265. The minimum Gasteiger partial charge on any atom is -1.00 e. The number of pyridine rings is 1. The van der Waals surface area contributed by atoms with E-state index in [1.165, 1.54) is 33.5 Å². The fourth-order valence-corrected chi connectivity index (χ4v) is 7.56. The average molecular weight is 521 g/mol. The second-order valence-electron chi connectivity index (χ2n) is 11.2. The SMILES string of the molecule is C=CC1C[N+]2(Cc3c4ccccc4cc4ccccc34)CCC1CC2C(O)c1ccnc2ccccc12.[Cl-]. The molecule has 3 aliphatic heterocycles. The number of piperidine rings is 3. The van der Waals surface area contributed by atoms with Gasteiger partial charge in [0.25, 0.3) is 0 Å². The number of benzene rings is 4. The molecule has 3 nitrogen and oxygen atoms in total. The standard InChI is InChI=1S/C34H33N2O.ClH/c1-2-23-21-36(22-31-27-11-5-3-9-25(27)19-26-10-4-6-12-28(26)31)18-16-24(23)20-33(36)34(37)30-15-17-35-32-14-8-7-13-29(30)32;/h2-15,17,19,23-24,33-34,37H,1,16,18,20-22H2;1H/q+1;/p-1. The average Bonchev–Trinajstić information content (AvgIpc) is 2.96. The molecule has 3 aliphatic rings. The highest BCUT2D eigenvalue weighted by atomic mass is 35.5. The molecule has 4 aromatic carbocycles. The molecule has 2 bridgehead atoms. The summed E-state index contributed by atoms with van der Waals surface area (Å²) in [5.74, 6) is 1.09. The molecular formula is C34H33ClN2O. The summed E-state index contributed by atoms with van der Waals surface area (Å²) in [6, 6.07) is 30.3. The molecule has 5 aromatic rings. The summed E-state index contributed by atoms with van der Waals surface area (Å²) in [5.41, 5.74) is 3.37. The molecule has 1 N–H and O–H groups in total. The number of nitrogens with zero attached hydrogens (tertiary/aromatic N) is 2. The topological polar surface area (TPSA) is 33.1 Å². The van der Waals surface area contributed by atoms with Crippen LogP contribution in [0.1, 0.15) is 30.1 Å². The van der Waals surface area contributed by atoms with Crippen LogP contribution in [0.3, 0.4) is 0 Å². The normalized spacial score (nSPS) is 25.3. The third-order valence-corrected chi connectivity index (χ3v) is 9.40. The van der Waals surface area contributed by atoms with Crippen LogP contribution in [-0.4, -0.2) is 33.7 Å². The predicted octanol–water partition coefficient (Wildman–Crippen LogP) is 4.19. The number of aliphatic hydroxyl groups is 1. The summed E-state index contributed by atoms with van der Waals surface area (Å²) in [4.78, 5) is 4.57. The first-order chi connectivity index (χ1) is 18.2. The van der Waals surface area contributed by atoms with Gasteiger partial charge in [-0.15, -0.1) is 6.58 Å².